The SMILES string of the molecule is CC[C@@H]1OC(=O)O[C@H]1F. The quantitative estimate of drug-likeness (QED) is 0.506. The van der Waals surface area contributed by atoms with Crippen LogP contribution in [-0.2, 0) is 9.47 Å². The van der Waals surface area contributed by atoms with Crippen molar-refractivity contribution in [2.45, 2.75) is 25.8 Å². The van der Waals surface area contributed by atoms with Crippen LogP contribution >= 0.6 is 0 Å². The zero-order chi connectivity index (χ0) is 6.85. The van der Waals surface area contributed by atoms with Crippen LogP contribution in [0.3, 0.4) is 0 Å². The molecule has 0 saturated carbocycles. The molecule has 0 unspecified atom stereocenters. The van der Waals surface area contributed by atoms with E-state index in [-0.39, 0.29) is 0 Å². The molecule has 0 N–H and O–H groups in total. The molecule has 2 atom stereocenters. The van der Waals surface area contributed by atoms with Crippen LogP contribution in [0.2, 0.25) is 0 Å². The van der Waals surface area contributed by atoms with E-state index in [9.17, 15) is 9.18 Å². The van der Waals surface area contributed by atoms with E-state index in [4.69, 9.17) is 0 Å². The first kappa shape index (κ1) is 6.32. The van der Waals surface area contributed by atoms with Crippen LogP contribution in [0.15, 0.2) is 0 Å². The van der Waals surface area contributed by atoms with Gasteiger partial charge in [-0.2, -0.15) is 4.39 Å². The summed E-state index contributed by atoms with van der Waals surface area (Å²) in [7, 11) is 0. The average molecular weight is 134 g/mol. The minimum absolute atomic E-state index is 0.451. The molecule has 1 aliphatic heterocycles. The van der Waals surface area contributed by atoms with Crippen LogP contribution < -0.4 is 0 Å². The Morgan fingerprint density at radius 1 is 1.67 bits per heavy atom. The topological polar surface area (TPSA) is 35.5 Å². The van der Waals surface area contributed by atoms with Gasteiger partial charge in [0, 0.05) is 0 Å². The normalized spacial score (nSPS) is 33.8. The van der Waals surface area contributed by atoms with Crippen LogP contribution in [0.25, 0.3) is 0 Å². The third kappa shape index (κ3) is 1.12. The Balaban J connectivity index is 2.47. The number of carbonyl (C=O) groups excluding carboxylic acids is 1. The van der Waals surface area contributed by atoms with Crippen molar-refractivity contribution in [3.05, 3.63) is 0 Å². The van der Waals surface area contributed by atoms with Crippen molar-refractivity contribution in [2.75, 3.05) is 0 Å². The van der Waals surface area contributed by atoms with E-state index >= 15 is 0 Å². The Morgan fingerprint density at radius 3 is 2.56 bits per heavy atom. The highest BCUT2D eigenvalue weighted by Crippen LogP contribution is 2.18. The molecule has 0 aliphatic carbocycles. The zero-order valence-electron chi connectivity index (χ0n) is 4.96. The number of alkyl halides is 1. The van der Waals surface area contributed by atoms with Gasteiger partial charge >= 0.3 is 6.16 Å². The third-order valence-electron chi connectivity index (χ3n) is 1.15. The number of cyclic esters (lactones) is 2. The summed E-state index contributed by atoms with van der Waals surface area (Å²) in [5.74, 6) is 0. The molecule has 0 bridgehead atoms. The van der Waals surface area contributed by atoms with Gasteiger partial charge in [-0.3, -0.25) is 0 Å². The maximum absolute atomic E-state index is 12.3. The van der Waals surface area contributed by atoms with Gasteiger partial charge in [0.05, 0.1) is 0 Å². The molecule has 0 aromatic heterocycles. The first-order chi connectivity index (χ1) is 4.24. The second-order valence-electron chi connectivity index (χ2n) is 1.78. The van der Waals surface area contributed by atoms with Gasteiger partial charge in [0.1, 0.15) is 0 Å². The molecule has 3 nitrogen and oxygen atoms in total. The van der Waals surface area contributed by atoms with Gasteiger partial charge in [0.15, 0.2) is 6.10 Å². The minimum atomic E-state index is -1.57. The fourth-order valence-corrected chi connectivity index (χ4v) is 0.641. The summed E-state index contributed by atoms with van der Waals surface area (Å²) in [6, 6.07) is 0. The molecule has 0 aromatic rings. The van der Waals surface area contributed by atoms with E-state index in [0.717, 1.165) is 0 Å². The molecule has 9 heavy (non-hydrogen) atoms. The Morgan fingerprint density at radius 2 is 2.33 bits per heavy atom. The van der Waals surface area contributed by atoms with Crippen LogP contribution in [0, 0.1) is 0 Å². The van der Waals surface area contributed by atoms with E-state index in [0.29, 0.717) is 6.42 Å². The lowest BCUT2D eigenvalue weighted by atomic mass is 10.3. The van der Waals surface area contributed by atoms with E-state index in [2.05, 4.69) is 9.47 Å². The molecular weight excluding hydrogens is 127 g/mol. The average Bonchev–Trinajstić information content (AvgIpc) is 2.10. The highest BCUT2D eigenvalue weighted by atomic mass is 19.1. The monoisotopic (exact) mass is 134 g/mol. The summed E-state index contributed by atoms with van der Waals surface area (Å²) in [6.45, 7) is 1.72. The van der Waals surface area contributed by atoms with Crippen LogP contribution in [0.4, 0.5) is 9.18 Å². The minimum Gasteiger partial charge on any atom is -0.424 e. The third-order valence-corrected chi connectivity index (χ3v) is 1.15. The van der Waals surface area contributed by atoms with Crippen LogP contribution in [0.5, 0.6) is 0 Å². The highest BCUT2D eigenvalue weighted by Gasteiger charge is 2.34. The summed E-state index contributed by atoms with van der Waals surface area (Å²) < 4.78 is 20.7. The number of ether oxygens (including phenoxy) is 2. The molecule has 1 aliphatic rings. The van der Waals surface area contributed by atoms with Gasteiger partial charge in [-0.1, -0.05) is 6.92 Å². The highest BCUT2D eigenvalue weighted by molar-refractivity contribution is 5.62. The number of hydrogen-bond donors (Lipinski definition) is 0. The van der Waals surface area contributed by atoms with Crippen molar-refractivity contribution >= 4 is 6.16 Å². The summed E-state index contributed by atoms with van der Waals surface area (Å²) in [6.07, 6.45) is -2.72. The largest absolute Gasteiger partial charge is 0.511 e. The molecule has 1 heterocycles. The molecule has 0 aromatic carbocycles. The van der Waals surface area contributed by atoms with Crippen molar-refractivity contribution in [2.24, 2.45) is 0 Å². The molecule has 0 amide bonds. The van der Waals surface area contributed by atoms with Gasteiger partial charge in [0.25, 0.3) is 6.36 Å². The van der Waals surface area contributed by atoms with Crippen molar-refractivity contribution < 1.29 is 18.7 Å². The molecule has 4 heteroatoms. The van der Waals surface area contributed by atoms with Crippen molar-refractivity contribution in [1.29, 1.82) is 0 Å². The van der Waals surface area contributed by atoms with Gasteiger partial charge in [0.2, 0.25) is 0 Å². The summed E-state index contributed by atoms with van der Waals surface area (Å²) >= 11 is 0. The van der Waals surface area contributed by atoms with Gasteiger partial charge in [-0.25, -0.2) is 4.79 Å². The second kappa shape index (κ2) is 2.21. The molecule has 1 rings (SSSR count). The van der Waals surface area contributed by atoms with Gasteiger partial charge < -0.3 is 9.47 Å². The molecule has 0 radical (unpaired) electrons. The number of halogens is 1. The maximum atomic E-state index is 12.3. The number of carbonyl (C=O) groups is 1. The van der Waals surface area contributed by atoms with Gasteiger partial charge in [-0.15, -0.1) is 0 Å². The summed E-state index contributed by atoms with van der Waals surface area (Å²) in [5, 5.41) is 0. The smallest absolute Gasteiger partial charge is 0.424 e. The van der Waals surface area contributed by atoms with Gasteiger partial charge in [-0.05, 0) is 6.42 Å². The fraction of sp³-hybridized carbons (Fsp3) is 0.800. The molecule has 52 valence electrons. The standard InChI is InChI=1S/C5H7FO3/c1-2-3-4(6)9-5(7)8-3/h3-4H,2H2,1H3/t3-,4+/m0/s1. The Bertz CT molecular complexity index is 125. The Kier molecular flexibility index (Phi) is 1.55. The van der Waals surface area contributed by atoms with E-state index < -0.39 is 18.6 Å². The fourth-order valence-electron chi connectivity index (χ4n) is 0.641. The summed E-state index contributed by atoms with van der Waals surface area (Å²) in [4.78, 5) is 10.1. The van der Waals surface area contributed by atoms with Crippen molar-refractivity contribution in [1.82, 2.24) is 0 Å². The lowest BCUT2D eigenvalue weighted by molar-refractivity contribution is 0.0303. The number of rotatable bonds is 1. The van der Waals surface area contributed by atoms with E-state index in [1.807, 2.05) is 0 Å². The Hall–Kier alpha value is -0.800. The van der Waals surface area contributed by atoms with Crippen molar-refractivity contribution in [3.8, 4) is 0 Å². The van der Waals surface area contributed by atoms with E-state index in [1.54, 1.807) is 6.92 Å². The van der Waals surface area contributed by atoms with Crippen LogP contribution in [0.1, 0.15) is 13.3 Å². The predicted octanol–water partition coefficient (Wildman–Crippen LogP) is 1.23. The molecule has 1 saturated heterocycles. The van der Waals surface area contributed by atoms with Crippen LogP contribution in [-0.4, -0.2) is 18.6 Å². The zero-order valence-corrected chi connectivity index (χ0v) is 4.96. The maximum Gasteiger partial charge on any atom is 0.511 e. The van der Waals surface area contributed by atoms with E-state index in [1.165, 1.54) is 0 Å². The summed E-state index contributed by atoms with van der Waals surface area (Å²) in [5.41, 5.74) is 0. The van der Waals surface area contributed by atoms with Crippen molar-refractivity contribution in [3.63, 3.8) is 0 Å². The molecule has 0 spiro atoms. The Labute approximate surface area is 51.7 Å². The molecular formula is C5H7FO3. The predicted molar refractivity (Wildman–Crippen MR) is 26.5 cm³/mol. The number of hydrogen-bond acceptors (Lipinski definition) is 3. The molecule has 1 fully saturated rings. The lowest BCUT2D eigenvalue weighted by Gasteiger charge is -2.02. The first-order valence-corrected chi connectivity index (χ1v) is 2.75. The second-order valence-corrected chi connectivity index (χ2v) is 1.78. The first-order valence-electron chi connectivity index (χ1n) is 2.75. The lowest BCUT2D eigenvalue weighted by Crippen LogP contribution is -2.15.